The van der Waals surface area contributed by atoms with Crippen molar-refractivity contribution in [2.24, 2.45) is 23.5 Å². The number of carbonyl (C=O) groups excluding carboxylic acids is 4. The summed E-state index contributed by atoms with van der Waals surface area (Å²) in [6.45, 7) is 5.28. The molecule has 0 aliphatic heterocycles. The molecule has 3 atom stereocenters. The Hall–Kier alpha value is -5.55. The van der Waals surface area contributed by atoms with Gasteiger partial charge in [0.25, 0.3) is 5.91 Å². The standard InChI is InChI=1S/C36H50FN11O4.CH2O/c1-24(37)20-44-35(51)31-23-43-32-18-26(22-45-48(31)32)27(19-39)21-42-28(12-14-38)13-16-41-15-5-4-8-25-9-6-10-29-33(25)46(3)36(52)47(29)30(11-7-17-49)34(50)40-2;1-2/h6,9-10,17-19,21-24,28,30,41H,4-5,7-8,11-16,20,38-39H2,1-3H3,(H,40,50)(H,44,51);1H2/b27-19+,42-21?;. The molecule has 0 radical (unpaired) electrons. The number of aldehydes is 1. The maximum absolute atomic E-state index is 13.3. The van der Waals surface area contributed by atoms with E-state index in [2.05, 4.69) is 26.0 Å². The molecule has 0 saturated carbocycles. The normalized spacial score (nSPS) is 13.4. The highest BCUT2D eigenvalue weighted by atomic mass is 19.1. The van der Waals surface area contributed by atoms with E-state index >= 15 is 0 Å². The molecular formula is C37H52FN11O5. The first kappa shape index (κ1) is 42.9. The molecule has 0 bridgehead atoms. The Kier molecular flexibility index (Phi) is 17.3. The van der Waals surface area contributed by atoms with Crippen LogP contribution in [0.3, 0.4) is 0 Å². The molecule has 2 amide bonds. The number of nitrogens with one attached hydrogen (secondary N) is 3. The quantitative estimate of drug-likeness (QED) is 0.0470. The molecule has 4 rings (SSSR count). The molecule has 16 nitrogen and oxygen atoms in total. The van der Waals surface area contributed by atoms with Crippen LogP contribution in [0.25, 0.3) is 22.3 Å². The summed E-state index contributed by atoms with van der Waals surface area (Å²) in [6, 6.07) is 6.70. The number of imidazole rings is 2. The molecule has 1 aromatic carbocycles. The summed E-state index contributed by atoms with van der Waals surface area (Å²) < 4.78 is 17.6. The Morgan fingerprint density at radius 3 is 2.59 bits per heavy atom. The number of amides is 2. The summed E-state index contributed by atoms with van der Waals surface area (Å²) >= 11 is 0. The maximum Gasteiger partial charge on any atom is 0.329 e. The summed E-state index contributed by atoms with van der Waals surface area (Å²) in [4.78, 5) is 66.5. The Morgan fingerprint density at radius 2 is 1.91 bits per heavy atom. The van der Waals surface area contributed by atoms with E-state index in [9.17, 15) is 23.6 Å². The van der Waals surface area contributed by atoms with Crippen molar-refractivity contribution >= 4 is 53.4 Å². The number of alkyl halides is 1. The van der Waals surface area contributed by atoms with Gasteiger partial charge < -0.3 is 37.0 Å². The summed E-state index contributed by atoms with van der Waals surface area (Å²) in [7, 11) is 3.24. The Bertz CT molecular complexity index is 1970. The van der Waals surface area contributed by atoms with Crippen LogP contribution < -0.4 is 33.1 Å². The first-order valence-corrected chi connectivity index (χ1v) is 17.9. The molecule has 17 heteroatoms. The van der Waals surface area contributed by atoms with Crippen molar-refractivity contribution in [3.8, 4) is 0 Å². The number of halogens is 1. The Labute approximate surface area is 313 Å². The monoisotopic (exact) mass is 749 g/mol. The highest BCUT2D eigenvalue weighted by Crippen LogP contribution is 2.24. The van der Waals surface area contributed by atoms with Gasteiger partial charge in [0.05, 0.1) is 29.5 Å². The van der Waals surface area contributed by atoms with E-state index in [1.807, 2.05) is 25.0 Å². The number of aliphatic imine (C=N–C) groups is 1. The summed E-state index contributed by atoms with van der Waals surface area (Å²) in [5, 5.41) is 13.0. The number of hydrogen-bond donors (Lipinski definition) is 5. The molecule has 3 unspecified atom stereocenters. The van der Waals surface area contributed by atoms with E-state index in [0.717, 1.165) is 56.1 Å². The van der Waals surface area contributed by atoms with Crippen LogP contribution in [0.1, 0.15) is 73.1 Å². The van der Waals surface area contributed by atoms with Gasteiger partial charge in [0.15, 0.2) is 5.65 Å². The number of nitrogens with zero attached hydrogens (tertiary/aromatic N) is 6. The smallest absolute Gasteiger partial charge is 0.329 e. The van der Waals surface area contributed by atoms with Crippen LogP contribution in [0, 0.1) is 0 Å². The van der Waals surface area contributed by atoms with E-state index < -0.39 is 18.1 Å². The minimum atomic E-state index is -1.17. The van der Waals surface area contributed by atoms with Crippen LogP contribution in [0.4, 0.5) is 4.39 Å². The lowest BCUT2D eigenvalue weighted by atomic mass is 10.1. The number of allylic oxidation sites excluding steroid dienone is 1. The molecule has 7 N–H and O–H groups in total. The van der Waals surface area contributed by atoms with E-state index in [-0.39, 0.29) is 42.7 Å². The second-order valence-electron chi connectivity index (χ2n) is 12.6. The van der Waals surface area contributed by atoms with Crippen molar-refractivity contribution in [2.75, 3.05) is 33.2 Å². The average molecular weight is 750 g/mol. The number of carbonyl (C=O) groups is 4. The Morgan fingerprint density at radius 1 is 1.13 bits per heavy atom. The van der Waals surface area contributed by atoms with E-state index in [0.29, 0.717) is 35.3 Å². The topological polar surface area (TPSA) is 226 Å². The van der Waals surface area contributed by atoms with E-state index in [1.54, 1.807) is 30.1 Å². The van der Waals surface area contributed by atoms with Crippen molar-refractivity contribution in [1.29, 1.82) is 0 Å². The number of hydrogen-bond acceptors (Lipinski definition) is 11. The summed E-state index contributed by atoms with van der Waals surface area (Å²) in [6.07, 6.45) is 10.1. The van der Waals surface area contributed by atoms with Crippen LogP contribution in [-0.2, 0) is 27.9 Å². The van der Waals surface area contributed by atoms with E-state index in [1.165, 1.54) is 35.5 Å². The molecule has 0 spiro atoms. The molecule has 3 aromatic heterocycles. The number of para-hydroxylation sites is 1. The van der Waals surface area contributed by atoms with Crippen molar-refractivity contribution in [3.05, 3.63) is 70.2 Å². The number of rotatable bonds is 21. The highest BCUT2D eigenvalue weighted by molar-refractivity contribution is 6.09. The molecule has 54 heavy (non-hydrogen) atoms. The SMILES string of the molecule is C=O.CNC(=O)C(CCC=O)n1c(=O)n(C)c2c(CCCCNCCC(CCN)N=C/C(=C\N)c3cnn4c(C(=O)NCC(C)F)cnc4c3)cccc21. The molecule has 0 fully saturated rings. The van der Waals surface area contributed by atoms with Gasteiger partial charge in [-0.1, -0.05) is 12.1 Å². The van der Waals surface area contributed by atoms with Crippen LogP contribution >= 0.6 is 0 Å². The lowest BCUT2D eigenvalue weighted by molar-refractivity contribution is -0.124. The molecular weight excluding hydrogens is 697 g/mol. The zero-order valence-corrected chi connectivity index (χ0v) is 31.2. The van der Waals surface area contributed by atoms with Crippen LogP contribution in [0.5, 0.6) is 0 Å². The predicted octanol–water partition coefficient (Wildman–Crippen LogP) is 1.64. The summed E-state index contributed by atoms with van der Waals surface area (Å²) in [5.74, 6) is -0.774. The number of unbranched alkanes of at least 4 members (excludes halogenated alkanes) is 1. The fraction of sp³-hybridized carbons (Fsp3) is 0.459. The van der Waals surface area contributed by atoms with Gasteiger partial charge in [-0.15, -0.1) is 0 Å². The second kappa shape index (κ2) is 21.9. The third-order valence-corrected chi connectivity index (χ3v) is 8.88. The van der Waals surface area contributed by atoms with Gasteiger partial charge in [-0.3, -0.25) is 23.7 Å². The highest BCUT2D eigenvalue weighted by Gasteiger charge is 2.25. The third-order valence-electron chi connectivity index (χ3n) is 8.88. The van der Waals surface area contributed by atoms with Crippen LogP contribution in [0.15, 0.2) is 52.6 Å². The maximum atomic E-state index is 13.3. The molecule has 292 valence electrons. The molecule has 4 aromatic rings. The fourth-order valence-corrected chi connectivity index (χ4v) is 6.15. The largest absolute Gasteiger partial charge is 0.404 e. The van der Waals surface area contributed by atoms with Crippen molar-refractivity contribution in [3.63, 3.8) is 0 Å². The number of benzene rings is 1. The molecule has 0 aliphatic rings. The van der Waals surface area contributed by atoms with Gasteiger partial charge in [-0.05, 0) is 82.8 Å². The number of fused-ring (bicyclic) bond motifs is 2. The van der Waals surface area contributed by atoms with Crippen LogP contribution in [0.2, 0.25) is 0 Å². The second-order valence-corrected chi connectivity index (χ2v) is 12.6. The minimum Gasteiger partial charge on any atom is -0.404 e. The van der Waals surface area contributed by atoms with Crippen molar-refractivity contribution < 1.29 is 23.6 Å². The van der Waals surface area contributed by atoms with Gasteiger partial charge in [-0.2, -0.15) is 5.10 Å². The number of aromatic nitrogens is 5. The van der Waals surface area contributed by atoms with Gasteiger partial charge >= 0.3 is 5.69 Å². The zero-order chi connectivity index (χ0) is 39.6. The lowest BCUT2D eigenvalue weighted by Gasteiger charge is -2.16. The van der Waals surface area contributed by atoms with Gasteiger partial charge in [0.1, 0.15) is 31.0 Å². The third kappa shape index (κ3) is 11.0. The number of aryl methyl sites for hydroxylation is 2. The average Bonchev–Trinajstić information content (AvgIpc) is 3.72. The molecule has 0 saturated heterocycles. The molecule has 3 heterocycles. The first-order valence-electron chi connectivity index (χ1n) is 17.9. The fourth-order valence-electron chi connectivity index (χ4n) is 6.15. The lowest BCUT2D eigenvalue weighted by Crippen LogP contribution is -2.36. The zero-order valence-electron chi connectivity index (χ0n) is 31.2. The molecule has 0 aliphatic carbocycles. The van der Waals surface area contributed by atoms with Crippen molar-refractivity contribution in [2.45, 2.75) is 70.1 Å². The number of likely N-dealkylation sites (N-methyl/N-ethyl adjacent to an activating group) is 1. The van der Waals surface area contributed by atoms with Gasteiger partial charge in [-0.25, -0.2) is 18.7 Å². The first-order chi connectivity index (χ1) is 26.1. The Balaban J connectivity index is 0.00000385. The minimum absolute atomic E-state index is 0.0307. The predicted molar refractivity (Wildman–Crippen MR) is 207 cm³/mol. The van der Waals surface area contributed by atoms with Crippen LogP contribution in [-0.4, -0.2) is 100 Å². The van der Waals surface area contributed by atoms with Crippen molar-refractivity contribution in [1.82, 2.24) is 39.7 Å². The number of nitrogens with two attached hydrogens (primary N) is 2. The van der Waals surface area contributed by atoms with Gasteiger partial charge in [0.2, 0.25) is 5.91 Å². The van der Waals surface area contributed by atoms with Gasteiger partial charge in [0, 0.05) is 50.6 Å². The van der Waals surface area contributed by atoms with E-state index in [4.69, 9.17) is 21.3 Å². The summed E-state index contributed by atoms with van der Waals surface area (Å²) in [5.41, 5.74) is 16.0.